The third kappa shape index (κ3) is 5.64. The lowest BCUT2D eigenvalue weighted by Gasteiger charge is -2.52. The topological polar surface area (TPSA) is 121 Å². The number of piperidine rings is 1. The molecule has 0 amide bonds. The number of H-pyrrole nitrogens is 1. The molecule has 7 rings (SSSR count). The molecule has 4 aromatic rings. The van der Waals surface area contributed by atoms with Crippen LogP contribution in [0, 0.1) is 11.3 Å². The number of hydrogen-bond donors (Lipinski definition) is 2. The van der Waals surface area contributed by atoms with Crippen LogP contribution in [-0.4, -0.2) is 65.4 Å². The average molecular weight is 606 g/mol. The Morgan fingerprint density at radius 2 is 1.98 bits per heavy atom. The number of halogens is 3. The molecule has 2 N–H and O–H groups in total. The predicted molar refractivity (Wildman–Crippen MR) is 155 cm³/mol. The van der Waals surface area contributed by atoms with Crippen LogP contribution in [0.4, 0.5) is 13.2 Å². The van der Waals surface area contributed by atoms with E-state index < -0.39 is 11.9 Å². The lowest BCUT2D eigenvalue weighted by atomic mass is 9.69. The van der Waals surface area contributed by atoms with Crippen molar-refractivity contribution in [1.29, 1.82) is 5.26 Å². The van der Waals surface area contributed by atoms with Gasteiger partial charge in [0.05, 0.1) is 29.9 Å². The molecule has 0 aromatic carbocycles. The second-order valence-corrected chi connectivity index (χ2v) is 12.7. The van der Waals surface area contributed by atoms with Crippen LogP contribution in [0.1, 0.15) is 63.1 Å². The zero-order chi connectivity index (χ0) is 30.5. The quantitative estimate of drug-likeness (QED) is 0.268. The highest BCUT2D eigenvalue weighted by molar-refractivity contribution is 5.90. The molecule has 0 bridgehead atoms. The zero-order valence-electron chi connectivity index (χ0n) is 24.4. The number of alkyl halides is 3. The van der Waals surface area contributed by atoms with E-state index in [9.17, 15) is 18.4 Å². The van der Waals surface area contributed by atoms with Crippen LogP contribution in [0.25, 0.3) is 22.3 Å². The summed E-state index contributed by atoms with van der Waals surface area (Å²) in [5.74, 6) is 0.0304. The second kappa shape index (κ2) is 10.9. The first-order valence-electron chi connectivity index (χ1n) is 15.1. The zero-order valence-corrected chi connectivity index (χ0v) is 24.4. The van der Waals surface area contributed by atoms with Crippen LogP contribution < -0.4 is 10.1 Å². The van der Waals surface area contributed by atoms with E-state index in [0.717, 1.165) is 67.1 Å². The summed E-state index contributed by atoms with van der Waals surface area (Å²) in [5, 5.41) is 18.6. The molecule has 0 unspecified atom stereocenters. The normalized spacial score (nSPS) is 23.8. The van der Waals surface area contributed by atoms with Crippen LogP contribution in [0.15, 0.2) is 43.1 Å². The van der Waals surface area contributed by atoms with Crippen LogP contribution in [0.2, 0.25) is 0 Å². The van der Waals surface area contributed by atoms with Gasteiger partial charge in [-0.3, -0.25) is 9.58 Å². The average Bonchev–Trinajstić information content (AvgIpc) is 3.34. The monoisotopic (exact) mass is 605 g/mol. The molecular formula is C31H34F3N9O. The van der Waals surface area contributed by atoms with Crippen LogP contribution in [-0.2, 0) is 18.3 Å². The van der Waals surface area contributed by atoms with Crippen molar-refractivity contribution in [3.05, 3.63) is 54.4 Å². The summed E-state index contributed by atoms with van der Waals surface area (Å²) in [6.07, 6.45) is 7.73. The van der Waals surface area contributed by atoms with E-state index in [2.05, 4.69) is 48.2 Å². The minimum absolute atomic E-state index is 0.00763. The highest BCUT2D eigenvalue weighted by Crippen LogP contribution is 2.46. The number of aromatic nitrogens is 6. The molecule has 0 spiro atoms. The molecule has 0 radical (unpaired) electrons. The van der Waals surface area contributed by atoms with Crippen molar-refractivity contribution in [2.45, 2.75) is 87.8 Å². The molecule has 3 fully saturated rings. The van der Waals surface area contributed by atoms with E-state index in [0.29, 0.717) is 37.4 Å². The lowest BCUT2D eigenvalue weighted by molar-refractivity contribution is -0.141. The van der Waals surface area contributed by atoms with Crippen LogP contribution >= 0.6 is 0 Å². The summed E-state index contributed by atoms with van der Waals surface area (Å²) in [5.41, 5.74) is 1.65. The van der Waals surface area contributed by atoms with Gasteiger partial charge in [-0.05, 0) is 63.1 Å². The van der Waals surface area contributed by atoms with E-state index in [1.807, 2.05) is 23.1 Å². The third-order valence-corrected chi connectivity index (χ3v) is 9.49. The number of nitrogens with zero attached hydrogens (tertiary/aromatic N) is 7. The molecule has 2 aliphatic carbocycles. The Labute approximate surface area is 252 Å². The molecule has 1 saturated heterocycles. The van der Waals surface area contributed by atoms with Gasteiger partial charge in [-0.25, -0.2) is 15.0 Å². The number of likely N-dealkylation sites (tertiary alicyclic amines) is 1. The van der Waals surface area contributed by atoms with Crippen molar-refractivity contribution >= 4 is 11.0 Å². The molecule has 3 aliphatic rings. The maximum absolute atomic E-state index is 13.6. The molecular weight excluding hydrogens is 571 g/mol. The Bertz CT molecular complexity index is 1690. The van der Waals surface area contributed by atoms with Gasteiger partial charge in [0.15, 0.2) is 0 Å². The minimum Gasteiger partial charge on any atom is -0.474 e. The molecule has 4 aromatic heterocycles. The lowest BCUT2D eigenvalue weighted by Crippen LogP contribution is -2.58. The molecule has 1 aliphatic heterocycles. The smallest absolute Gasteiger partial charge is 0.433 e. The van der Waals surface area contributed by atoms with Gasteiger partial charge in [0.2, 0.25) is 5.88 Å². The molecule has 44 heavy (non-hydrogen) atoms. The first-order chi connectivity index (χ1) is 21.1. The Balaban J connectivity index is 0.980. The fraction of sp³-hybridized carbons (Fsp3) is 0.516. The SMILES string of the molecule is CC1(NCc2cc(OC3CCN(C4CC(CC#N)(n5cc(-c6ncnc7[nH]ccc67)cn5)C4)CC3)nc(C(F)(F)F)c2)CC1. The fourth-order valence-electron chi connectivity index (χ4n) is 6.52. The Morgan fingerprint density at radius 3 is 2.70 bits per heavy atom. The van der Waals surface area contributed by atoms with Crippen molar-refractivity contribution in [2.75, 3.05) is 13.1 Å². The van der Waals surface area contributed by atoms with Crippen LogP contribution in [0.3, 0.4) is 0 Å². The molecule has 2 saturated carbocycles. The number of ether oxygens (including phenoxy) is 1. The van der Waals surface area contributed by atoms with Gasteiger partial charge in [0, 0.05) is 60.6 Å². The fourth-order valence-corrected chi connectivity index (χ4v) is 6.52. The van der Waals surface area contributed by atoms with Gasteiger partial charge < -0.3 is 15.0 Å². The Kier molecular flexibility index (Phi) is 7.09. The standard InChI is InChI=1S/C31H34F3N9O/c1-29(5-6-29)39-16-20-12-25(31(32,33)34)41-26(13-20)44-23-3-10-42(11-4-23)22-14-30(15-22,7-8-35)43-18-21(17-40-43)27-24-2-9-36-28(24)38-19-37-27/h2,9,12-13,17-19,22-23,39H,3-7,10-11,14-16H2,1H3,(H,36,37,38). The number of aromatic amines is 1. The van der Waals surface area contributed by atoms with Gasteiger partial charge in [-0.15, -0.1) is 0 Å². The van der Waals surface area contributed by atoms with E-state index in [4.69, 9.17) is 4.74 Å². The van der Waals surface area contributed by atoms with E-state index >= 15 is 0 Å². The Hall–Kier alpha value is -4.02. The third-order valence-electron chi connectivity index (χ3n) is 9.49. The molecule has 0 atom stereocenters. The summed E-state index contributed by atoms with van der Waals surface area (Å²) in [6.45, 7) is 3.95. The van der Waals surface area contributed by atoms with Crippen molar-refractivity contribution < 1.29 is 17.9 Å². The first kappa shape index (κ1) is 28.7. The first-order valence-corrected chi connectivity index (χ1v) is 15.1. The van der Waals surface area contributed by atoms with E-state index in [-0.39, 0.29) is 23.1 Å². The number of hydrogen-bond acceptors (Lipinski definition) is 8. The maximum atomic E-state index is 13.6. The maximum Gasteiger partial charge on any atom is 0.433 e. The Morgan fingerprint density at radius 1 is 1.18 bits per heavy atom. The number of nitriles is 1. The number of rotatable bonds is 9. The molecule has 13 heteroatoms. The molecule has 230 valence electrons. The largest absolute Gasteiger partial charge is 0.474 e. The summed E-state index contributed by atoms with van der Waals surface area (Å²) in [4.78, 5) is 18.0. The highest BCUT2D eigenvalue weighted by Gasteiger charge is 2.49. The predicted octanol–water partition coefficient (Wildman–Crippen LogP) is 5.19. The highest BCUT2D eigenvalue weighted by atomic mass is 19.4. The van der Waals surface area contributed by atoms with Crippen molar-refractivity contribution in [2.24, 2.45) is 0 Å². The van der Waals surface area contributed by atoms with Crippen molar-refractivity contribution in [1.82, 2.24) is 39.9 Å². The molecule has 5 heterocycles. The summed E-state index contributed by atoms with van der Waals surface area (Å²) in [7, 11) is 0. The van der Waals surface area contributed by atoms with Gasteiger partial charge in [-0.2, -0.15) is 23.5 Å². The number of nitrogens with one attached hydrogen (secondary N) is 2. The van der Waals surface area contributed by atoms with Gasteiger partial charge >= 0.3 is 6.18 Å². The second-order valence-electron chi connectivity index (χ2n) is 12.7. The number of pyridine rings is 1. The number of fused-ring (bicyclic) bond motifs is 1. The minimum atomic E-state index is -4.54. The van der Waals surface area contributed by atoms with Gasteiger partial charge in [0.25, 0.3) is 0 Å². The van der Waals surface area contributed by atoms with Crippen LogP contribution in [0.5, 0.6) is 5.88 Å². The van der Waals surface area contributed by atoms with Gasteiger partial charge in [-0.1, -0.05) is 0 Å². The summed E-state index contributed by atoms with van der Waals surface area (Å²) >= 11 is 0. The molecule has 10 nitrogen and oxygen atoms in total. The van der Waals surface area contributed by atoms with Gasteiger partial charge in [0.1, 0.15) is 23.8 Å². The van der Waals surface area contributed by atoms with E-state index in [1.54, 1.807) is 12.3 Å². The van der Waals surface area contributed by atoms with E-state index in [1.165, 1.54) is 6.33 Å². The summed E-state index contributed by atoms with van der Waals surface area (Å²) in [6, 6.07) is 7.33. The van der Waals surface area contributed by atoms with Crippen molar-refractivity contribution in [3.8, 4) is 23.2 Å². The van der Waals surface area contributed by atoms with Crippen molar-refractivity contribution in [3.63, 3.8) is 0 Å². The summed E-state index contributed by atoms with van der Waals surface area (Å²) < 4.78 is 48.8.